The lowest BCUT2D eigenvalue weighted by Gasteiger charge is -2.32. The van der Waals surface area contributed by atoms with Gasteiger partial charge in [0, 0.05) is 44.8 Å². The minimum Gasteiger partial charge on any atom is -0.342 e. The SMILES string of the molecule is CCCN(CCC)S(=O)(=O)c1cccc(C(=O)N2CCN(C=O)CC2)c1. The van der Waals surface area contributed by atoms with Crippen LogP contribution in [0.3, 0.4) is 0 Å². The van der Waals surface area contributed by atoms with Crippen molar-refractivity contribution in [2.45, 2.75) is 31.6 Å². The molecule has 7 nitrogen and oxygen atoms in total. The van der Waals surface area contributed by atoms with Gasteiger partial charge in [0.2, 0.25) is 16.4 Å². The number of amides is 2. The molecule has 8 heteroatoms. The van der Waals surface area contributed by atoms with E-state index in [1.54, 1.807) is 21.9 Å². The molecule has 1 saturated heterocycles. The van der Waals surface area contributed by atoms with Crippen LogP contribution in [0, 0.1) is 0 Å². The zero-order valence-electron chi connectivity index (χ0n) is 15.4. The van der Waals surface area contributed by atoms with Crippen LogP contribution in [0.25, 0.3) is 0 Å². The molecule has 0 saturated carbocycles. The van der Waals surface area contributed by atoms with Crippen molar-refractivity contribution in [2.75, 3.05) is 39.3 Å². The molecule has 2 amide bonds. The minimum absolute atomic E-state index is 0.150. The molecule has 2 rings (SSSR count). The second-order valence-corrected chi connectivity index (χ2v) is 8.30. The zero-order valence-corrected chi connectivity index (χ0v) is 16.2. The Kier molecular flexibility index (Phi) is 7.16. The lowest BCUT2D eigenvalue weighted by Crippen LogP contribution is -2.48. The van der Waals surface area contributed by atoms with Gasteiger partial charge in [-0.15, -0.1) is 0 Å². The predicted molar refractivity (Wildman–Crippen MR) is 99.3 cm³/mol. The van der Waals surface area contributed by atoms with Crippen molar-refractivity contribution in [1.29, 1.82) is 0 Å². The Morgan fingerprint density at radius 3 is 2.27 bits per heavy atom. The van der Waals surface area contributed by atoms with Gasteiger partial charge >= 0.3 is 0 Å². The third-order valence-corrected chi connectivity index (χ3v) is 6.31. The highest BCUT2D eigenvalue weighted by Crippen LogP contribution is 2.19. The van der Waals surface area contributed by atoms with E-state index in [0.717, 1.165) is 19.3 Å². The number of piperazine rings is 1. The van der Waals surface area contributed by atoms with Crippen LogP contribution in [0.4, 0.5) is 0 Å². The number of hydrogen-bond acceptors (Lipinski definition) is 4. The quantitative estimate of drug-likeness (QED) is 0.638. The van der Waals surface area contributed by atoms with E-state index in [2.05, 4.69) is 0 Å². The zero-order chi connectivity index (χ0) is 19.2. The minimum atomic E-state index is -3.62. The Labute approximate surface area is 155 Å². The number of carbonyl (C=O) groups excluding carboxylic acids is 2. The van der Waals surface area contributed by atoms with Gasteiger partial charge in [0.15, 0.2) is 0 Å². The summed E-state index contributed by atoms with van der Waals surface area (Å²) in [6.45, 7) is 6.69. The first kappa shape index (κ1) is 20.4. The fraction of sp³-hybridized carbons (Fsp3) is 0.556. The second-order valence-electron chi connectivity index (χ2n) is 6.37. The molecule has 0 spiro atoms. The second kappa shape index (κ2) is 9.14. The van der Waals surface area contributed by atoms with E-state index in [1.165, 1.54) is 16.4 Å². The number of carbonyl (C=O) groups is 2. The summed E-state index contributed by atoms with van der Waals surface area (Å²) in [6.07, 6.45) is 2.25. The van der Waals surface area contributed by atoms with Gasteiger partial charge in [0.25, 0.3) is 5.91 Å². The Hall–Kier alpha value is -1.93. The van der Waals surface area contributed by atoms with E-state index in [-0.39, 0.29) is 10.8 Å². The maximum atomic E-state index is 12.9. The molecule has 1 fully saturated rings. The summed E-state index contributed by atoms with van der Waals surface area (Å²) in [4.78, 5) is 26.9. The van der Waals surface area contributed by atoms with Gasteiger partial charge in [0.05, 0.1) is 4.90 Å². The molecule has 1 aliphatic rings. The summed E-state index contributed by atoms with van der Waals surface area (Å²) in [7, 11) is -3.62. The number of hydrogen-bond donors (Lipinski definition) is 0. The topological polar surface area (TPSA) is 78.0 Å². The number of rotatable bonds is 8. The lowest BCUT2D eigenvalue weighted by molar-refractivity contribution is -0.119. The standard InChI is InChI=1S/C18H27N3O4S/c1-3-8-21(9-4-2)26(24,25)17-7-5-6-16(14-17)18(23)20-12-10-19(15-22)11-13-20/h5-7,14-15H,3-4,8-13H2,1-2H3. The lowest BCUT2D eigenvalue weighted by atomic mass is 10.2. The highest BCUT2D eigenvalue weighted by molar-refractivity contribution is 7.89. The number of sulfonamides is 1. The van der Waals surface area contributed by atoms with Gasteiger partial charge in [0.1, 0.15) is 0 Å². The molecule has 0 radical (unpaired) electrons. The van der Waals surface area contributed by atoms with Crippen LogP contribution in [-0.4, -0.2) is 74.1 Å². The van der Waals surface area contributed by atoms with E-state index in [0.29, 0.717) is 44.8 Å². The van der Waals surface area contributed by atoms with Crippen molar-refractivity contribution in [1.82, 2.24) is 14.1 Å². The van der Waals surface area contributed by atoms with Crippen molar-refractivity contribution in [2.24, 2.45) is 0 Å². The largest absolute Gasteiger partial charge is 0.342 e. The van der Waals surface area contributed by atoms with Gasteiger partial charge in [-0.3, -0.25) is 9.59 Å². The summed E-state index contributed by atoms with van der Waals surface area (Å²) < 4.78 is 27.3. The third kappa shape index (κ3) is 4.62. The molecule has 0 aliphatic carbocycles. The molecule has 26 heavy (non-hydrogen) atoms. The molecule has 0 atom stereocenters. The van der Waals surface area contributed by atoms with E-state index in [4.69, 9.17) is 0 Å². The highest BCUT2D eigenvalue weighted by atomic mass is 32.2. The van der Waals surface area contributed by atoms with Gasteiger partial charge in [-0.1, -0.05) is 19.9 Å². The predicted octanol–water partition coefficient (Wildman–Crippen LogP) is 1.41. The molecule has 144 valence electrons. The monoisotopic (exact) mass is 381 g/mol. The van der Waals surface area contributed by atoms with E-state index in [1.807, 2.05) is 13.8 Å². The van der Waals surface area contributed by atoms with Crippen molar-refractivity contribution in [3.63, 3.8) is 0 Å². The molecule has 1 aromatic rings. The van der Waals surface area contributed by atoms with Crippen molar-refractivity contribution < 1.29 is 18.0 Å². The van der Waals surface area contributed by atoms with Crippen molar-refractivity contribution in [3.8, 4) is 0 Å². The van der Waals surface area contributed by atoms with Crippen LogP contribution >= 0.6 is 0 Å². The molecule has 0 bridgehead atoms. The molecule has 0 aromatic heterocycles. The van der Waals surface area contributed by atoms with Gasteiger partial charge in [-0.25, -0.2) is 8.42 Å². The third-order valence-electron chi connectivity index (χ3n) is 4.42. The molecule has 1 aliphatic heterocycles. The Balaban J connectivity index is 2.21. The highest BCUT2D eigenvalue weighted by Gasteiger charge is 2.26. The van der Waals surface area contributed by atoms with Crippen LogP contribution < -0.4 is 0 Å². The van der Waals surface area contributed by atoms with Crippen molar-refractivity contribution >= 4 is 22.3 Å². The van der Waals surface area contributed by atoms with Gasteiger partial charge in [-0.2, -0.15) is 4.31 Å². The smallest absolute Gasteiger partial charge is 0.254 e. The van der Waals surface area contributed by atoms with Crippen LogP contribution in [0.1, 0.15) is 37.0 Å². The first-order valence-electron chi connectivity index (χ1n) is 9.02. The summed E-state index contributed by atoms with van der Waals surface area (Å²) in [5.74, 6) is -0.204. The maximum absolute atomic E-state index is 12.9. The van der Waals surface area contributed by atoms with Crippen molar-refractivity contribution in [3.05, 3.63) is 29.8 Å². The normalized spacial score (nSPS) is 15.3. The fourth-order valence-electron chi connectivity index (χ4n) is 3.00. The fourth-order valence-corrected chi connectivity index (χ4v) is 4.67. The summed E-state index contributed by atoms with van der Waals surface area (Å²) in [5.41, 5.74) is 0.360. The number of nitrogens with zero attached hydrogens (tertiary/aromatic N) is 3. The first-order chi connectivity index (χ1) is 12.4. The molecule has 0 N–H and O–H groups in total. The Bertz CT molecular complexity index is 722. The van der Waals surface area contributed by atoms with E-state index >= 15 is 0 Å². The first-order valence-corrected chi connectivity index (χ1v) is 10.5. The summed E-state index contributed by atoms with van der Waals surface area (Å²) >= 11 is 0. The molecule has 1 aromatic carbocycles. The van der Waals surface area contributed by atoms with E-state index < -0.39 is 10.0 Å². The van der Waals surface area contributed by atoms with E-state index in [9.17, 15) is 18.0 Å². The maximum Gasteiger partial charge on any atom is 0.254 e. The van der Waals surface area contributed by atoms with Gasteiger partial charge < -0.3 is 9.80 Å². The van der Waals surface area contributed by atoms with Crippen LogP contribution in [-0.2, 0) is 14.8 Å². The average molecular weight is 381 g/mol. The molecule has 1 heterocycles. The number of benzene rings is 1. The summed E-state index contributed by atoms with van der Waals surface area (Å²) in [5, 5.41) is 0. The van der Waals surface area contributed by atoms with Crippen LogP contribution in [0.2, 0.25) is 0 Å². The average Bonchev–Trinajstić information content (AvgIpc) is 2.67. The Morgan fingerprint density at radius 2 is 1.73 bits per heavy atom. The molecular formula is C18H27N3O4S. The van der Waals surface area contributed by atoms with Crippen LogP contribution in [0.5, 0.6) is 0 Å². The molecule has 0 unspecified atom stereocenters. The Morgan fingerprint density at radius 1 is 1.12 bits per heavy atom. The van der Waals surface area contributed by atoms with Gasteiger partial charge in [-0.05, 0) is 31.0 Å². The van der Waals surface area contributed by atoms with Crippen LogP contribution in [0.15, 0.2) is 29.2 Å². The summed E-state index contributed by atoms with van der Waals surface area (Å²) in [6, 6.07) is 6.24. The molecular weight excluding hydrogens is 354 g/mol.